The molecule has 3 aromatic rings. The summed E-state index contributed by atoms with van der Waals surface area (Å²) in [5, 5.41) is 11.1. The molecule has 1 fully saturated rings. The molecule has 9 heteroatoms. The standard InChI is InChI=1S/C23H23N5O3S/c1-23(2,21(30)26-22-27-24-13-32-22)19-15-5-3-4-6-17(15)31-20-16(19)7-8-18(25-20)28-11-9-14(29)10-12-28/h3-8,13,19H,9-12H2,1-2H3,(H,26,27,30)/t19-/m0/s1. The third kappa shape index (κ3) is 3.62. The van der Waals surface area contributed by atoms with Crippen LogP contribution < -0.4 is 15.0 Å². The van der Waals surface area contributed by atoms with Crippen molar-refractivity contribution in [1.82, 2.24) is 15.2 Å². The van der Waals surface area contributed by atoms with Gasteiger partial charge in [0.2, 0.25) is 16.9 Å². The van der Waals surface area contributed by atoms with Crippen LogP contribution in [0.25, 0.3) is 0 Å². The fraction of sp³-hybridized carbons (Fsp3) is 0.348. The van der Waals surface area contributed by atoms with Gasteiger partial charge in [0.05, 0.1) is 5.41 Å². The van der Waals surface area contributed by atoms with Crippen LogP contribution in [-0.4, -0.2) is 40.0 Å². The summed E-state index contributed by atoms with van der Waals surface area (Å²) in [5.41, 5.74) is 2.57. The number of rotatable bonds is 4. The van der Waals surface area contributed by atoms with E-state index in [1.54, 1.807) is 5.51 Å². The van der Waals surface area contributed by atoms with Gasteiger partial charge in [0.1, 0.15) is 22.9 Å². The number of ketones is 1. The quantitative estimate of drug-likeness (QED) is 0.643. The lowest BCUT2D eigenvalue weighted by atomic mass is 9.70. The predicted octanol–water partition coefficient (Wildman–Crippen LogP) is 4.00. The molecule has 0 unspecified atom stereocenters. The van der Waals surface area contributed by atoms with Crippen LogP contribution in [0.3, 0.4) is 0 Å². The number of benzene rings is 1. The van der Waals surface area contributed by atoms with Gasteiger partial charge < -0.3 is 15.0 Å². The highest BCUT2D eigenvalue weighted by Gasteiger charge is 2.44. The van der Waals surface area contributed by atoms with Crippen molar-refractivity contribution in [2.75, 3.05) is 23.3 Å². The summed E-state index contributed by atoms with van der Waals surface area (Å²) in [6, 6.07) is 11.7. The number of ether oxygens (including phenoxy) is 1. The van der Waals surface area contributed by atoms with Crippen LogP contribution in [-0.2, 0) is 9.59 Å². The van der Waals surface area contributed by atoms with Gasteiger partial charge in [-0.25, -0.2) is 0 Å². The molecule has 1 atom stereocenters. The number of hydrogen-bond donors (Lipinski definition) is 1. The molecule has 0 aliphatic carbocycles. The Labute approximate surface area is 189 Å². The number of nitrogens with one attached hydrogen (secondary N) is 1. The van der Waals surface area contributed by atoms with E-state index in [9.17, 15) is 9.59 Å². The van der Waals surface area contributed by atoms with E-state index in [-0.39, 0.29) is 17.6 Å². The van der Waals surface area contributed by atoms with Gasteiger partial charge in [0, 0.05) is 43.0 Å². The SMILES string of the molecule is CC(C)(C(=O)Nc1nncs1)[C@H]1c2ccccc2Oc2nc(N3CCC(=O)CC3)ccc21. The summed E-state index contributed by atoms with van der Waals surface area (Å²) in [5.74, 6) is 1.85. The molecule has 1 aromatic carbocycles. The largest absolute Gasteiger partial charge is 0.438 e. The van der Waals surface area contributed by atoms with E-state index in [2.05, 4.69) is 20.4 Å². The molecule has 2 aliphatic heterocycles. The van der Waals surface area contributed by atoms with E-state index in [1.807, 2.05) is 50.2 Å². The topological polar surface area (TPSA) is 97.3 Å². The van der Waals surface area contributed by atoms with Crippen molar-refractivity contribution in [3.8, 4) is 11.6 Å². The molecule has 2 aliphatic rings. The van der Waals surface area contributed by atoms with E-state index in [0.29, 0.717) is 42.7 Å². The van der Waals surface area contributed by atoms with Gasteiger partial charge in [0.15, 0.2) is 0 Å². The Morgan fingerprint density at radius 2 is 1.94 bits per heavy atom. The molecule has 1 amide bonds. The van der Waals surface area contributed by atoms with Crippen molar-refractivity contribution >= 4 is 34.0 Å². The number of Topliss-reactive ketones (excluding diaryl/α,β-unsaturated/α-hetero) is 1. The maximum absolute atomic E-state index is 13.3. The molecule has 5 rings (SSSR count). The van der Waals surface area contributed by atoms with Crippen molar-refractivity contribution < 1.29 is 14.3 Å². The van der Waals surface area contributed by atoms with Crippen LogP contribution in [0.1, 0.15) is 43.7 Å². The Balaban J connectivity index is 1.53. The number of anilines is 2. The molecular formula is C23H23N5O3S. The molecule has 0 spiro atoms. The summed E-state index contributed by atoms with van der Waals surface area (Å²) in [4.78, 5) is 31.9. The molecule has 32 heavy (non-hydrogen) atoms. The number of carbonyl (C=O) groups is 2. The van der Waals surface area contributed by atoms with E-state index in [0.717, 1.165) is 16.9 Å². The molecule has 1 N–H and O–H groups in total. The average Bonchev–Trinajstić information content (AvgIpc) is 3.30. The first-order valence-electron chi connectivity index (χ1n) is 10.6. The number of amides is 1. The van der Waals surface area contributed by atoms with E-state index in [4.69, 9.17) is 9.72 Å². The molecule has 8 nitrogen and oxygen atoms in total. The number of hydrogen-bond acceptors (Lipinski definition) is 8. The van der Waals surface area contributed by atoms with Crippen molar-refractivity contribution in [2.45, 2.75) is 32.6 Å². The summed E-state index contributed by atoms with van der Waals surface area (Å²) >= 11 is 1.28. The number of fused-ring (bicyclic) bond motifs is 2. The Morgan fingerprint density at radius 3 is 2.69 bits per heavy atom. The van der Waals surface area contributed by atoms with Crippen molar-refractivity contribution in [2.24, 2.45) is 5.41 Å². The monoisotopic (exact) mass is 449 g/mol. The normalized spacial score (nSPS) is 17.9. The van der Waals surface area contributed by atoms with Crippen LogP contribution in [0.15, 0.2) is 41.9 Å². The van der Waals surface area contributed by atoms with E-state index in [1.165, 1.54) is 11.3 Å². The highest BCUT2D eigenvalue weighted by atomic mass is 32.1. The number of para-hydroxylation sites is 1. The average molecular weight is 450 g/mol. The molecule has 0 bridgehead atoms. The molecule has 4 heterocycles. The zero-order valence-electron chi connectivity index (χ0n) is 17.9. The lowest BCUT2D eigenvalue weighted by Crippen LogP contribution is -2.38. The highest BCUT2D eigenvalue weighted by Crippen LogP contribution is 2.52. The number of pyridine rings is 1. The predicted molar refractivity (Wildman–Crippen MR) is 121 cm³/mol. The molecule has 1 saturated heterocycles. The first kappa shape index (κ1) is 20.6. The fourth-order valence-corrected chi connectivity index (χ4v) is 4.82. The van der Waals surface area contributed by atoms with Crippen molar-refractivity contribution in [3.05, 3.63) is 53.0 Å². The molecule has 0 radical (unpaired) electrons. The summed E-state index contributed by atoms with van der Waals surface area (Å²) in [6.45, 7) is 5.15. The van der Waals surface area contributed by atoms with Crippen molar-refractivity contribution in [3.63, 3.8) is 0 Å². The van der Waals surface area contributed by atoms with Gasteiger partial charge in [-0.05, 0) is 18.2 Å². The lowest BCUT2D eigenvalue weighted by molar-refractivity contribution is -0.124. The van der Waals surface area contributed by atoms with Crippen molar-refractivity contribution in [1.29, 1.82) is 0 Å². The Kier molecular flexibility index (Phi) is 5.13. The summed E-state index contributed by atoms with van der Waals surface area (Å²) in [6.07, 6.45) is 1.06. The summed E-state index contributed by atoms with van der Waals surface area (Å²) < 4.78 is 6.18. The number of nitrogens with zero attached hydrogens (tertiary/aromatic N) is 4. The van der Waals surface area contributed by atoms with Gasteiger partial charge in [-0.3, -0.25) is 9.59 Å². The molecular weight excluding hydrogens is 426 g/mol. The van der Waals surface area contributed by atoms with Crippen LogP contribution in [0.4, 0.5) is 10.9 Å². The highest BCUT2D eigenvalue weighted by molar-refractivity contribution is 7.13. The summed E-state index contributed by atoms with van der Waals surface area (Å²) in [7, 11) is 0. The van der Waals surface area contributed by atoms with Crippen LogP contribution in [0.5, 0.6) is 11.6 Å². The van der Waals surface area contributed by atoms with Gasteiger partial charge in [0.25, 0.3) is 0 Å². The second kappa shape index (κ2) is 7.98. The second-order valence-electron chi connectivity index (χ2n) is 8.58. The minimum absolute atomic E-state index is 0.152. The first-order valence-corrected chi connectivity index (χ1v) is 11.4. The third-order valence-electron chi connectivity index (χ3n) is 6.16. The van der Waals surface area contributed by atoms with Gasteiger partial charge >= 0.3 is 0 Å². The smallest absolute Gasteiger partial charge is 0.232 e. The maximum Gasteiger partial charge on any atom is 0.232 e. The van der Waals surface area contributed by atoms with Crippen LogP contribution >= 0.6 is 11.3 Å². The first-order chi connectivity index (χ1) is 15.4. The third-order valence-corrected chi connectivity index (χ3v) is 6.76. The van der Waals surface area contributed by atoms with Crippen LogP contribution in [0, 0.1) is 5.41 Å². The number of carbonyl (C=O) groups excluding carboxylic acids is 2. The molecule has 164 valence electrons. The molecule has 2 aromatic heterocycles. The van der Waals surface area contributed by atoms with Crippen LogP contribution in [0.2, 0.25) is 0 Å². The second-order valence-corrected chi connectivity index (χ2v) is 9.42. The Morgan fingerprint density at radius 1 is 1.16 bits per heavy atom. The number of piperidine rings is 1. The number of aromatic nitrogens is 3. The minimum atomic E-state index is -0.818. The van der Waals surface area contributed by atoms with Gasteiger partial charge in [-0.2, -0.15) is 4.98 Å². The fourth-order valence-electron chi connectivity index (χ4n) is 4.38. The van der Waals surface area contributed by atoms with Gasteiger partial charge in [-0.15, -0.1) is 10.2 Å². The zero-order valence-corrected chi connectivity index (χ0v) is 18.7. The van der Waals surface area contributed by atoms with E-state index < -0.39 is 5.41 Å². The lowest BCUT2D eigenvalue weighted by Gasteiger charge is -2.38. The van der Waals surface area contributed by atoms with Gasteiger partial charge in [-0.1, -0.05) is 43.4 Å². The Bertz CT molecular complexity index is 1170. The maximum atomic E-state index is 13.3. The van der Waals surface area contributed by atoms with E-state index >= 15 is 0 Å². The minimum Gasteiger partial charge on any atom is -0.438 e. The molecule has 0 saturated carbocycles. The Hall–Kier alpha value is -3.33. The zero-order chi connectivity index (χ0) is 22.3.